The molecular weight excluding hydrogens is 365 g/mol. The summed E-state index contributed by atoms with van der Waals surface area (Å²) in [7, 11) is 0. The number of rotatable bonds is 4. The third kappa shape index (κ3) is 3.18. The average Bonchev–Trinajstić information content (AvgIpc) is 3.42. The Balaban J connectivity index is 1.41. The Morgan fingerprint density at radius 1 is 1.10 bits per heavy atom. The number of aromatic nitrogens is 2. The number of nitrogens with zero attached hydrogens (tertiary/aromatic N) is 2. The van der Waals surface area contributed by atoms with Crippen LogP contribution in [0, 0.1) is 12.7 Å². The molecule has 1 aliphatic carbocycles. The van der Waals surface area contributed by atoms with Crippen molar-refractivity contribution < 1.29 is 9.18 Å². The Morgan fingerprint density at radius 2 is 1.90 bits per heavy atom. The number of hydrogen-bond donors (Lipinski definition) is 1. The third-order valence-electron chi connectivity index (χ3n) is 5.61. The first kappa shape index (κ1) is 17.6. The monoisotopic (exact) mass is 385 g/mol. The van der Waals surface area contributed by atoms with Crippen molar-refractivity contribution in [1.82, 2.24) is 9.38 Å². The lowest BCUT2D eigenvalue weighted by Gasteiger charge is -2.16. The number of benzene rings is 2. The molecule has 4 nitrogen and oxygen atoms in total. The van der Waals surface area contributed by atoms with E-state index >= 15 is 0 Å². The van der Waals surface area contributed by atoms with Gasteiger partial charge in [-0.2, -0.15) is 0 Å². The second kappa shape index (κ2) is 6.55. The zero-order valence-electron chi connectivity index (χ0n) is 16.0. The molecule has 2 aromatic heterocycles. The van der Waals surface area contributed by atoms with E-state index in [1.807, 2.05) is 60.1 Å². The van der Waals surface area contributed by atoms with Crippen molar-refractivity contribution >= 4 is 17.2 Å². The molecule has 0 saturated heterocycles. The van der Waals surface area contributed by atoms with Crippen LogP contribution in [-0.2, 0) is 10.2 Å². The van der Waals surface area contributed by atoms with Crippen molar-refractivity contribution in [2.24, 2.45) is 0 Å². The highest BCUT2D eigenvalue weighted by Crippen LogP contribution is 2.49. The van der Waals surface area contributed by atoms with Gasteiger partial charge in [-0.3, -0.25) is 4.79 Å². The number of pyridine rings is 1. The quantitative estimate of drug-likeness (QED) is 0.530. The maximum absolute atomic E-state index is 13.2. The first-order valence-electron chi connectivity index (χ1n) is 9.67. The smallest absolute Gasteiger partial charge is 0.235 e. The number of hydrogen-bond acceptors (Lipinski definition) is 2. The van der Waals surface area contributed by atoms with Crippen molar-refractivity contribution in [3.05, 3.63) is 90.0 Å². The molecule has 144 valence electrons. The van der Waals surface area contributed by atoms with Gasteiger partial charge in [0.25, 0.3) is 0 Å². The van der Waals surface area contributed by atoms with Gasteiger partial charge in [0, 0.05) is 23.6 Å². The van der Waals surface area contributed by atoms with Crippen molar-refractivity contribution in [2.75, 3.05) is 5.32 Å². The summed E-state index contributed by atoms with van der Waals surface area (Å²) in [4.78, 5) is 17.7. The second-order valence-electron chi connectivity index (χ2n) is 7.72. The van der Waals surface area contributed by atoms with Gasteiger partial charge in [0.1, 0.15) is 11.5 Å². The minimum Gasteiger partial charge on any atom is -0.325 e. The summed E-state index contributed by atoms with van der Waals surface area (Å²) in [5.74, 6) is -0.341. The van der Waals surface area contributed by atoms with E-state index in [0.717, 1.165) is 46.6 Å². The largest absolute Gasteiger partial charge is 0.325 e. The Kier molecular flexibility index (Phi) is 3.98. The predicted molar refractivity (Wildman–Crippen MR) is 111 cm³/mol. The summed E-state index contributed by atoms with van der Waals surface area (Å²) in [6.07, 6.45) is 5.52. The van der Waals surface area contributed by atoms with Crippen LogP contribution in [0.25, 0.3) is 16.9 Å². The summed E-state index contributed by atoms with van der Waals surface area (Å²) in [6, 6.07) is 18.0. The SMILES string of the molecule is Cc1ccn2cc(-c3cccc(NC(=O)C4(c5ccc(F)cc5)CC4)c3)nc2c1. The molecule has 5 heteroatoms. The van der Waals surface area contributed by atoms with Gasteiger partial charge in [-0.15, -0.1) is 0 Å². The van der Waals surface area contributed by atoms with E-state index in [4.69, 9.17) is 4.98 Å². The summed E-state index contributed by atoms with van der Waals surface area (Å²) >= 11 is 0. The molecule has 0 aliphatic heterocycles. The van der Waals surface area contributed by atoms with Gasteiger partial charge < -0.3 is 9.72 Å². The maximum Gasteiger partial charge on any atom is 0.235 e. The van der Waals surface area contributed by atoms with E-state index in [1.165, 1.54) is 12.1 Å². The van der Waals surface area contributed by atoms with Gasteiger partial charge in [-0.05, 0) is 67.3 Å². The Hall–Kier alpha value is -3.47. The number of anilines is 1. The topological polar surface area (TPSA) is 46.4 Å². The molecule has 1 N–H and O–H groups in total. The molecule has 1 amide bonds. The molecular formula is C24H20FN3O. The molecule has 1 aliphatic rings. The molecule has 0 unspecified atom stereocenters. The van der Waals surface area contributed by atoms with Crippen molar-refractivity contribution in [3.63, 3.8) is 0 Å². The van der Waals surface area contributed by atoms with Crippen molar-refractivity contribution in [2.45, 2.75) is 25.2 Å². The number of aryl methyl sites for hydroxylation is 1. The molecule has 0 atom stereocenters. The fourth-order valence-corrected chi connectivity index (χ4v) is 3.77. The molecule has 0 spiro atoms. The number of halogens is 1. The highest BCUT2D eigenvalue weighted by Gasteiger charge is 2.51. The first-order valence-corrected chi connectivity index (χ1v) is 9.67. The van der Waals surface area contributed by atoms with E-state index in [1.54, 1.807) is 12.1 Å². The zero-order valence-corrected chi connectivity index (χ0v) is 16.0. The fourth-order valence-electron chi connectivity index (χ4n) is 3.77. The maximum atomic E-state index is 13.2. The fraction of sp³-hybridized carbons (Fsp3) is 0.167. The summed E-state index contributed by atoms with van der Waals surface area (Å²) in [5, 5.41) is 3.04. The molecule has 0 radical (unpaired) electrons. The highest BCUT2D eigenvalue weighted by molar-refractivity contribution is 6.01. The molecule has 5 rings (SSSR count). The van der Waals surface area contributed by atoms with Crippen LogP contribution in [0.2, 0.25) is 0 Å². The number of fused-ring (bicyclic) bond motifs is 1. The standard InChI is InChI=1S/C24H20FN3O/c1-16-9-12-28-15-21(27-22(28)13-16)17-3-2-4-20(14-17)26-23(29)24(10-11-24)18-5-7-19(25)8-6-18/h2-9,12-15H,10-11H2,1H3,(H,26,29). The second-order valence-corrected chi connectivity index (χ2v) is 7.72. The van der Waals surface area contributed by atoms with Gasteiger partial charge in [-0.25, -0.2) is 9.37 Å². The average molecular weight is 385 g/mol. The van der Waals surface area contributed by atoms with E-state index in [-0.39, 0.29) is 11.7 Å². The summed E-state index contributed by atoms with van der Waals surface area (Å²) < 4.78 is 15.2. The van der Waals surface area contributed by atoms with Gasteiger partial charge in [-0.1, -0.05) is 24.3 Å². The van der Waals surface area contributed by atoms with Crippen LogP contribution >= 0.6 is 0 Å². The van der Waals surface area contributed by atoms with E-state index in [0.29, 0.717) is 0 Å². The minimum absolute atomic E-state index is 0.0492. The van der Waals surface area contributed by atoms with E-state index < -0.39 is 5.41 Å². The number of imidazole rings is 1. The lowest BCUT2D eigenvalue weighted by atomic mass is 9.95. The molecule has 4 aromatic rings. The summed E-state index contributed by atoms with van der Waals surface area (Å²) in [5.41, 5.74) is 4.89. The van der Waals surface area contributed by atoms with Gasteiger partial charge in [0.05, 0.1) is 11.1 Å². The summed E-state index contributed by atoms with van der Waals surface area (Å²) in [6.45, 7) is 2.04. The normalized spacial score (nSPS) is 14.7. The third-order valence-corrected chi connectivity index (χ3v) is 5.61. The van der Waals surface area contributed by atoms with E-state index in [2.05, 4.69) is 5.32 Å². The molecule has 2 aromatic carbocycles. The van der Waals surface area contributed by atoms with Crippen LogP contribution in [0.4, 0.5) is 10.1 Å². The van der Waals surface area contributed by atoms with Crippen LogP contribution in [0.15, 0.2) is 73.1 Å². The molecule has 29 heavy (non-hydrogen) atoms. The lowest BCUT2D eigenvalue weighted by molar-refractivity contribution is -0.118. The number of nitrogens with one attached hydrogen (secondary N) is 1. The lowest BCUT2D eigenvalue weighted by Crippen LogP contribution is -2.27. The Morgan fingerprint density at radius 3 is 2.66 bits per heavy atom. The van der Waals surface area contributed by atoms with E-state index in [9.17, 15) is 9.18 Å². The van der Waals surface area contributed by atoms with Gasteiger partial charge in [0.15, 0.2) is 0 Å². The zero-order chi connectivity index (χ0) is 20.0. The molecule has 0 bridgehead atoms. The Bertz CT molecular complexity index is 1220. The number of carbonyl (C=O) groups excluding carboxylic acids is 1. The first-order chi connectivity index (χ1) is 14.0. The number of amides is 1. The predicted octanol–water partition coefficient (Wildman–Crippen LogP) is 5.12. The van der Waals surface area contributed by atoms with Crippen LogP contribution in [0.3, 0.4) is 0 Å². The van der Waals surface area contributed by atoms with Crippen molar-refractivity contribution in [3.8, 4) is 11.3 Å². The number of carbonyl (C=O) groups is 1. The van der Waals surface area contributed by atoms with Crippen LogP contribution in [-0.4, -0.2) is 15.3 Å². The minimum atomic E-state index is -0.551. The van der Waals surface area contributed by atoms with Crippen LogP contribution in [0.5, 0.6) is 0 Å². The van der Waals surface area contributed by atoms with Gasteiger partial charge in [0.2, 0.25) is 5.91 Å². The Labute approximate surface area is 168 Å². The van der Waals surface area contributed by atoms with Crippen LogP contribution in [0.1, 0.15) is 24.0 Å². The highest BCUT2D eigenvalue weighted by atomic mass is 19.1. The molecule has 1 fully saturated rings. The molecule has 2 heterocycles. The van der Waals surface area contributed by atoms with Crippen LogP contribution < -0.4 is 5.32 Å². The molecule has 1 saturated carbocycles. The van der Waals surface area contributed by atoms with Gasteiger partial charge >= 0.3 is 0 Å². The van der Waals surface area contributed by atoms with Crippen molar-refractivity contribution in [1.29, 1.82) is 0 Å².